The number of ether oxygens (including phenoxy) is 4. The van der Waals surface area contributed by atoms with Crippen molar-refractivity contribution in [1.29, 1.82) is 0 Å². The van der Waals surface area contributed by atoms with Gasteiger partial charge in [0, 0.05) is 30.2 Å². The zero-order chi connectivity index (χ0) is 39.1. The second kappa shape index (κ2) is 15.5. The molecule has 3 aromatic rings. The van der Waals surface area contributed by atoms with Crippen LogP contribution in [0.2, 0.25) is 0 Å². The van der Waals surface area contributed by atoms with Crippen LogP contribution in [0.5, 0.6) is 0 Å². The lowest BCUT2D eigenvalue weighted by Gasteiger charge is -2.64. The summed E-state index contributed by atoms with van der Waals surface area (Å²) in [5.41, 5.74) is 0.0639. The molecule has 4 fully saturated rings. The smallest absolute Gasteiger partial charge is 0.379 e. The van der Waals surface area contributed by atoms with E-state index >= 15 is 0 Å². The Morgan fingerprint density at radius 3 is 2.24 bits per heavy atom. The highest BCUT2D eigenvalue weighted by Gasteiger charge is 2.68. The van der Waals surface area contributed by atoms with Gasteiger partial charge >= 0.3 is 23.9 Å². The molecule has 0 unspecified atom stereocenters. The van der Waals surface area contributed by atoms with E-state index in [9.17, 15) is 24.0 Å². The molecule has 9 nitrogen and oxygen atoms in total. The molecule has 4 saturated carbocycles. The molecule has 11 atom stereocenters. The topological polar surface area (TPSA) is 122 Å². The number of fused-ring (bicyclic) bond motifs is 6. The first kappa shape index (κ1) is 38.7. The summed E-state index contributed by atoms with van der Waals surface area (Å²) in [4.78, 5) is 65.9. The SMILES string of the molecule is COC(=O)CC[C@@H](C)[C@H]1CC[C@H]2[C@@H]3[C@H](OC(=O)C(=O)c4ccccc4)C[C@@H]4C[C@H](OC(C)=O)CC[C@]4(C)[C@H]3C[C@H](OC(=O)c3ccc4ccccc4c3)[C@]12C. The van der Waals surface area contributed by atoms with E-state index in [4.69, 9.17) is 18.9 Å². The summed E-state index contributed by atoms with van der Waals surface area (Å²) in [5, 5.41) is 2.00. The highest BCUT2D eigenvalue weighted by Crippen LogP contribution is 2.69. The van der Waals surface area contributed by atoms with Crippen molar-refractivity contribution in [3.63, 3.8) is 0 Å². The first-order valence-corrected chi connectivity index (χ1v) is 20.1. The standard InChI is InChI=1S/C46H54O9/c1-27(15-20-40(48)52-5)35-18-19-36-41-37(26-39(46(35,36)4)55-43(50)32-17-16-29-11-9-10-14-31(29)23-32)45(3)22-21-34(53-28(2)47)24-33(45)25-38(41)54-44(51)42(49)30-12-7-6-8-13-30/h6-14,16-17,23,27,33-39,41H,15,18-22,24-26H2,1-5H3/t27-,33+,34-,35-,36+,37+,38-,39+,41+,45+,46-/m1/s1. The van der Waals surface area contributed by atoms with Gasteiger partial charge in [0.1, 0.15) is 18.3 Å². The van der Waals surface area contributed by atoms with E-state index in [1.807, 2.05) is 42.5 Å². The summed E-state index contributed by atoms with van der Waals surface area (Å²) in [6.07, 6.45) is 4.71. The van der Waals surface area contributed by atoms with Gasteiger partial charge < -0.3 is 18.9 Å². The van der Waals surface area contributed by atoms with E-state index in [1.165, 1.54) is 14.0 Å². The summed E-state index contributed by atoms with van der Waals surface area (Å²) < 4.78 is 23.9. The first-order chi connectivity index (χ1) is 26.3. The van der Waals surface area contributed by atoms with Gasteiger partial charge in [-0.3, -0.25) is 14.4 Å². The molecule has 0 saturated heterocycles. The average Bonchev–Trinajstić information content (AvgIpc) is 3.55. The maximum Gasteiger partial charge on any atom is 0.379 e. The van der Waals surface area contributed by atoms with Crippen molar-refractivity contribution >= 4 is 40.4 Å². The molecule has 0 bridgehead atoms. The fourth-order valence-electron chi connectivity index (χ4n) is 11.8. The number of benzene rings is 3. The third-order valence-electron chi connectivity index (χ3n) is 14.5. The number of ketones is 1. The molecular weight excluding hydrogens is 696 g/mol. The maximum atomic E-state index is 14.3. The van der Waals surface area contributed by atoms with E-state index in [1.54, 1.807) is 30.3 Å². The minimum atomic E-state index is -0.863. The van der Waals surface area contributed by atoms with Crippen LogP contribution in [-0.2, 0) is 33.3 Å². The van der Waals surface area contributed by atoms with E-state index in [0.29, 0.717) is 37.7 Å². The minimum Gasteiger partial charge on any atom is -0.469 e. The third kappa shape index (κ3) is 7.31. The number of hydrogen-bond acceptors (Lipinski definition) is 9. The highest BCUT2D eigenvalue weighted by molar-refractivity contribution is 6.40. The van der Waals surface area contributed by atoms with Crippen LogP contribution in [0, 0.1) is 46.3 Å². The Morgan fingerprint density at radius 2 is 1.51 bits per heavy atom. The Bertz CT molecular complexity index is 1940. The van der Waals surface area contributed by atoms with Crippen molar-refractivity contribution in [2.75, 3.05) is 7.11 Å². The van der Waals surface area contributed by atoms with Crippen molar-refractivity contribution in [1.82, 2.24) is 0 Å². The Hall–Kier alpha value is -4.53. The molecule has 0 N–H and O–H groups in total. The molecule has 0 radical (unpaired) electrons. The van der Waals surface area contributed by atoms with Crippen LogP contribution in [-0.4, -0.2) is 55.1 Å². The van der Waals surface area contributed by atoms with Gasteiger partial charge in [-0.05, 0) is 109 Å². The van der Waals surface area contributed by atoms with Gasteiger partial charge in [-0.15, -0.1) is 0 Å². The van der Waals surface area contributed by atoms with Crippen LogP contribution in [0.3, 0.4) is 0 Å². The predicted molar refractivity (Wildman–Crippen MR) is 206 cm³/mol. The Balaban J connectivity index is 1.27. The molecule has 3 aromatic carbocycles. The van der Waals surface area contributed by atoms with Gasteiger partial charge in [-0.2, -0.15) is 0 Å². The molecule has 55 heavy (non-hydrogen) atoms. The molecule has 4 aliphatic rings. The maximum absolute atomic E-state index is 14.3. The Labute approximate surface area is 323 Å². The van der Waals surface area contributed by atoms with Crippen LogP contribution < -0.4 is 0 Å². The van der Waals surface area contributed by atoms with Gasteiger partial charge in [0.05, 0.1) is 12.7 Å². The lowest BCUT2D eigenvalue weighted by molar-refractivity contribution is -0.217. The van der Waals surface area contributed by atoms with Gasteiger partial charge in [0.2, 0.25) is 0 Å². The number of methoxy groups -OCH3 is 1. The second-order valence-electron chi connectivity index (χ2n) is 17.2. The second-order valence-corrected chi connectivity index (χ2v) is 17.2. The normalized spacial score (nSPS) is 32.9. The first-order valence-electron chi connectivity index (χ1n) is 20.1. The fourth-order valence-corrected chi connectivity index (χ4v) is 11.8. The molecule has 0 spiro atoms. The number of hydrogen-bond donors (Lipinski definition) is 0. The fraction of sp³-hybridized carbons (Fsp3) is 0.543. The molecule has 0 amide bonds. The van der Waals surface area contributed by atoms with Crippen LogP contribution in [0.1, 0.15) is 106 Å². The summed E-state index contributed by atoms with van der Waals surface area (Å²) in [5.74, 6) is -2.24. The molecule has 0 aliphatic heterocycles. The molecule has 0 aromatic heterocycles. The molecule has 4 aliphatic carbocycles. The van der Waals surface area contributed by atoms with Crippen molar-refractivity contribution in [3.8, 4) is 0 Å². The van der Waals surface area contributed by atoms with Gasteiger partial charge in [-0.1, -0.05) is 81.4 Å². The number of esters is 4. The molecular formula is C46H54O9. The van der Waals surface area contributed by atoms with Crippen LogP contribution >= 0.6 is 0 Å². The van der Waals surface area contributed by atoms with Gasteiger partial charge in [-0.25, -0.2) is 9.59 Å². The van der Waals surface area contributed by atoms with Crippen molar-refractivity contribution in [3.05, 3.63) is 83.9 Å². The lowest BCUT2D eigenvalue weighted by atomic mass is 9.43. The lowest BCUT2D eigenvalue weighted by Crippen LogP contribution is -2.63. The number of carbonyl (C=O) groups excluding carboxylic acids is 5. The summed E-state index contributed by atoms with van der Waals surface area (Å²) in [6.45, 7) is 8.19. The van der Waals surface area contributed by atoms with Crippen LogP contribution in [0.25, 0.3) is 10.8 Å². The monoisotopic (exact) mass is 750 g/mol. The minimum absolute atomic E-state index is 0.00533. The van der Waals surface area contributed by atoms with Gasteiger partial charge in [0.25, 0.3) is 5.78 Å². The highest BCUT2D eigenvalue weighted by atomic mass is 16.6. The summed E-state index contributed by atoms with van der Waals surface area (Å²) in [6, 6.07) is 22.1. The Kier molecular flexibility index (Phi) is 10.9. The molecule has 7 rings (SSSR count). The van der Waals surface area contributed by atoms with E-state index in [-0.39, 0.29) is 70.5 Å². The van der Waals surface area contributed by atoms with Crippen molar-refractivity contribution in [2.45, 2.75) is 104 Å². The van der Waals surface area contributed by atoms with Gasteiger partial charge in [0.15, 0.2) is 0 Å². The van der Waals surface area contributed by atoms with Crippen molar-refractivity contribution < 1.29 is 42.9 Å². The quantitative estimate of drug-likeness (QED) is 0.0868. The van der Waals surface area contributed by atoms with Crippen LogP contribution in [0.4, 0.5) is 0 Å². The number of Topliss-reactive ketones (excluding diaryl/α,β-unsaturated/α-hetero) is 1. The van der Waals surface area contributed by atoms with Crippen LogP contribution in [0.15, 0.2) is 72.8 Å². The van der Waals surface area contributed by atoms with E-state index in [0.717, 1.165) is 36.5 Å². The average molecular weight is 751 g/mol. The third-order valence-corrected chi connectivity index (χ3v) is 14.5. The summed E-state index contributed by atoms with van der Waals surface area (Å²) in [7, 11) is 1.41. The largest absolute Gasteiger partial charge is 0.469 e. The number of rotatable bonds is 10. The van der Waals surface area contributed by atoms with E-state index < -0.39 is 29.4 Å². The zero-order valence-electron chi connectivity index (χ0n) is 32.7. The zero-order valence-corrected chi connectivity index (χ0v) is 32.7. The van der Waals surface area contributed by atoms with E-state index in [2.05, 4.69) is 20.8 Å². The number of carbonyl (C=O) groups is 5. The predicted octanol–water partition coefficient (Wildman–Crippen LogP) is 8.56. The van der Waals surface area contributed by atoms with Crippen molar-refractivity contribution in [2.24, 2.45) is 46.3 Å². The summed E-state index contributed by atoms with van der Waals surface area (Å²) >= 11 is 0. The molecule has 0 heterocycles. The Morgan fingerprint density at radius 1 is 0.782 bits per heavy atom. The molecule has 9 heteroatoms. The molecule has 292 valence electrons.